The van der Waals surface area contributed by atoms with Crippen LogP contribution in [0, 0.1) is 0 Å². The summed E-state index contributed by atoms with van der Waals surface area (Å²) in [5, 5.41) is 15.4. The highest BCUT2D eigenvalue weighted by Crippen LogP contribution is 2.19. The van der Waals surface area contributed by atoms with Gasteiger partial charge in [-0.3, -0.25) is 4.84 Å². The minimum Gasteiger partial charge on any atom is -0.507 e. The number of nitrogens with one attached hydrogen (secondary N) is 1. The predicted octanol–water partition coefficient (Wildman–Crippen LogP) is 1.74. The van der Waals surface area contributed by atoms with Gasteiger partial charge in [-0.1, -0.05) is 16.8 Å². The summed E-state index contributed by atoms with van der Waals surface area (Å²) in [7, 11) is 1.41. The fourth-order valence-corrected chi connectivity index (χ4v) is 0.986. The molecule has 0 aliphatic carbocycles. The number of nitrogens with zero attached hydrogens (tertiary/aromatic N) is 1. The normalized spacial score (nSPS) is 10.3. The van der Waals surface area contributed by atoms with Crippen molar-refractivity contribution in [2.75, 3.05) is 7.05 Å². The molecule has 0 heterocycles. The molecule has 6 heteroatoms. The number of carbonyl (C=O) groups is 1. The second-order valence-corrected chi connectivity index (χ2v) is 3.00. The van der Waals surface area contributed by atoms with Gasteiger partial charge in [-0.2, -0.15) is 0 Å². The number of phenols is 1. The van der Waals surface area contributed by atoms with Gasteiger partial charge >= 0.3 is 6.09 Å². The largest absolute Gasteiger partial charge is 0.507 e. The van der Waals surface area contributed by atoms with Gasteiger partial charge in [0.2, 0.25) is 0 Å². The number of hydrogen-bond donors (Lipinski definition) is 2. The average Bonchev–Trinajstić information content (AvgIpc) is 2.23. The highest BCUT2D eigenvalue weighted by Gasteiger charge is 1.99. The SMILES string of the molecule is CNC(=O)O/N=C/c1cc(Cl)ccc1O. The molecule has 0 fully saturated rings. The van der Waals surface area contributed by atoms with Gasteiger partial charge in [-0.05, 0) is 18.2 Å². The van der Waals surface area contributed by atoms with Gasteiger partial charge in [0, 0.05) is 17.6 Å². The molecule has 15 heavy (non-hydrogen) atoms. The Hall–Kier alpha value is -1.75. The first-order valence-corrected chi connectivity index (χ1v) is 4.42. The van der Waals surface area contributed by atoms with E-state index in [1.165, 1.54) is 31.5 Å². The van der Waals surface area contributed by atoms with E-state index in [1.54, 1.807) is 0 Å². The maximum absolute atomic E-state index is 10.6. The summed E-state index contributed by atoms with van der Waals surface area (Å²) < 4.78 is 0. The zero-order valence-electron chi connectivity index (χ0n) is 7.90. The average molecular weight is 229 g/mol. The van der Waals surface area contributed by atoms with Crippen LogP contribution in [0.3, 0.4) is 0 Å². The molecule has 0 unspecified atom stereocenters. The van der Waals surface area contributed by atoms with Crippen LogP contribution in [-0.2, 0) is 4.84 Å². The number of aromatic hydroxyl groups is 1. The van der Waals surface area contributed by atoms with Crippen LogP contribution in [0.25, 0.3) is 0 Å². The topological polar surface area (TPSA) is 70.9 Å². The number of oxime groups is 1. The van der Waals surface area contributed by atoms with Crippen molar-refractivity contribution in [3.05, 3.63) is 28.8 Å². The minimum absolute atomic E-state index is 0.00339. The van der Waals surface area contributed by atoms with Crippen molar-refractivity contribution >= 4 is 23.9 Å². The number of halogens is 1. The minimum atomic E-state index is -0.687. The molecule has 1 aromatic carbocycles. The lowest BCUT2D eigenvalue weighted by molar-refractivity contribution is 0.154. The number of benzene rings is 1. The maximum atomic E-state index is 10.6. The predicted molar refractivity (Wildman–Crippen MR) is 56.3 cm³/mol. The molecular formula is C9H9ClN2O3. The van der Waals surface area contributed by atoms with E-state index in [2.05, 4.69) is 15.3 Å². The molecule has 0 bridgehead atoms. The van der Waals surface area contributed by atoms with E-state index in [0.717, 1.165) is 0 Å². The molecule has 0 radical (unpaired) electrons. The number of hydrogen-bond acceptors (Lipinski definition) is 4. The molecule has 0 atom stereocenters. The third kappa shape index (κ3) is 3.47. The quantitative estimate of drug-likeness (QED) is 0.460. The van der Waals surface area contributed by atoms with Crippen LogP contribution >= 0.6 is 11.6 Å². The third-order valence-electron chi connectivity index (χ3n) is 1.52. The van der Waals surface area contributed by atoms with Gasteiger partial charge in [0.1, 0.15) is 5.75 Å². The third-order valence-corrected chi connectivity index (χ3v) is 1.76. The monoisotopic (exact) mass is 228 g/mol. The van der Waals surface area contributed by atoms with Crippen LogP contribution in [-0.4, -0.2) is 24.5 Å². The molecule has 0 saturated heterocycles. The lowest BCUT2D eigenvalue weighted by Crippen LogP contribution is -2.16. The van der Waals surface area contributed by atoms with Crippen molar-refractivity contribution < 1.29 is 14.7 Å². The van der Waals surface area contributed by atoms with Crippen LogP contribution in [0.15, 0.2) is 23.4 Å². The summed E-state index contributed by atoms with van der Waals surface area (Å²) in [6.45, 7) is 0. The van der Waals surface area contributed by atoms with Gasteiger partial charge in [-0.15, -0.1) is 0 Å². The van der Waals surface area contributed by atoms with Gasteiger partial charge in [-0.25, -0.2) is 4.79 Å². The molecule has 0 saturated carbocycles. The van der Waals surface area contributed by atoms with Crippen molar-refractivity contribution in [3.8, 4) is 5.75 Å². The fraction of sp³-hybridized carbons (Fsp3) is 0.111. The summed E-state index contributed by atoms with van der Waals surface area (Å²) >= 11 is 5.69. The molecule has 1 rings (SSSR count). The van der Waals surface area contributed by atoms with E-state index >= 15 is 0 Å². The van der Waals surface area contributed by atoms with Crippen LogP contribution in [0.5, 0.6) is 5.75 Å². The number of carbonyl (C=O) groups excluding carboxylic acids is 1. The van der Waals surface area contributed by atoms with E-state index in [0.29, 0.717) is 10.6 Å². The Kier molecular flexibility index (Phi) is 3.93. The van der Waals surface area contributed by atoms with E-state index < -0.39 is 6.09 Å². The Morgan fingerprint density at radius 1 is 1.67 bits per heavy atom. The van der Waals surface area contributed by atoms with Crippen LogP contribution < -0.4 is 5.32 Å². The summed E-state index contributed by atoms with van der Waals surface area (Å²) in [5.74, 6) is 0.00339. The van der Waals surface area contributed by atoms with Crippen LogP contribution in [0.4, 0.5) is 4.79 Å². The standard InChI is InChI=1S/C9H9ClN2O3/c1-11-9(14)15-12-5-6-4-7(10)2-3-8(6)13/h2-5,13H,1H3,(H,11,14)/b12-5+. The van der Waals surface area contributed by atoms with Gasteiger partial charge in [0.15, 0.2) is 0 Å². The molecular weight excluding hydrogens is 220 g/mol. The second-order valence-electron chi connectivity index (χ2n) is 2.57. The number of rotatable bonds is 2. The second kappa shape index (κ2) is 5.21. The summed E-state index contributed by atoms with van der Waals surface area (Å²) in [6.07, 6.45) is 0.504. The molecule has 1 amide bonds. The highest BCUT2D eigenvalue weighted by molar-refractivity contribution is 6.30. The molecule has 0 aliphatic rings. The van der Waals surface area contributed by atoms with Crippen molar-refractivity contribution in [1.82, 2.24) is 5.32 Å². The highest BCUT2D eigenvalue weighted by atomic mass is 35.5. The molecule has 0 aliphatic heterocycles. The Labute approximate surface area is 91.3 Å². The summed E-state index contributed by atoms with van der Waals surface area (Å²) in [6, 6.07) is 4.45. The van der Waals surface area contributed by atoms with Crippen molar-refractivity contribution in [3.63, 3.8) is 0 Å². The molecule has 80 valence electrons. The van der Waals surface area contributed by atoms with Crippen molar-refractivity contribution in [2.45, 2.75) is 0 Å². The van der Waals surface area contributed by atoms with Crippen molar-refractivity contribution in [1.29, 1.82) is 0 Å². The smallest absolute Gasteiger partial charge is 0.433 e. The van der Waals surface area contributed by atoms with Gasteiger partial charge in [0.25, 0.3) is 0 Å². The Morgan fingerprint density at radius 3 is 3.07 bits per heavy atom. The van der Waals surface area contributed by atoms with Crippen molar-refractivity contribution in [2.24, 2.45) is 5.16 Å². The number of phenolic OH excluding ortho intramolecular Hbond substituents is 1. The lowest BCUT2D eigenvalue weighted by atomic mass is 10.2. The first-order chi connectivity index (χ1) is 7.13. The van der Waals surface area contributed by atoms with Gasteiger partial charge in [0.05, 0.1) is 6.21 Å². The number of amides is 1. The zero-order valence-corrected chi connectivity index (χ0v) is 8.65. The fourth-order valence-electron chi connectivity index (χ4n) is 0.805. The molecule has 2 N–H and O–H groups in total. The molecule has 5 nitrogen and oxygen atoms in total. The maximum Gasteiger partial charge on any atom is 0.433 e. The molecule has 1 aromatic rings. The van der Waals surface area contributed by atoms with Crippen LogP contribution in [0.1, 0.15) is 5.56 Å². The Morgan fingerprint density at radius 2 is 2.40 bits per heavy atom. The molecule has 0 aromatic heterocycles. The molecule has 0 spiro atoms. The van der Waals surface area contributed by atoms with E-state index in [-0.39, 0.29) is 5.75 Å². The van der Waals surface area contributed by atoms with E-state index in [4.69, 9.17) is 11.6 Å². The summed E-state index contributed by atoms with van der Waals surface area (Å²) in [5.41, 5.74) is 0.367. The van der Waals surface area contributed by atoms with Gasteiger partial charge < -0.3 is 10.4 Å². The van der Waals surface area contributed by atoms with E-state index in [1.807, 2.05) is 0 Å². The van der Waals surface area contributed by atoms with E-state index in [9.17, 15) is 9.90 Å². The lowest BCUT2D eigenvalue weighted by Gasteiger charge is -1.98. The summed E-state index contributed by atoms with van der Waals surface area (Å²) in [4.78, 5) is 15.0. The first kappa shape index (κ1) is 11.3. The Bertz CT molecular complexity index is 393. The Balaban J connectivity index is 2.71. The zero-order chi connectivity index (χ0) is 11.3. The van der Waals surface area contributed by atoms with Crippen LogP contribution in [0.2, 0.25) is 5.02 Å². The first-order valence-electron chi connectivity index (χ1n) is 4.04.